The lowest BCUT2D eigenvalue weighted by Gasteiger charge is -2.22. The van der Waals surface area contributed by atoms with Crippen molar-refractivity contribution in [2.45, 2.75) is 38.8 Å². The molecular weight excluding hydrogens is 438 g/mol. The molecule has 0 spiro atoms. The first-order valence-electron chi connectivity index (χ1n) is 11.3. The second kappa shape index (κ2) is 10.5. The molecule has 9 nitrogen and oxygen atoms in total. The summed E-state index contributed by atoms with van der Waals surface area (Å²) in [5.74, 6) is 2.33. The quantitative estimate of drug-likeness (QED) is 0.516. The van der Waals surface area contributed by atoms with E-state index >= 15 is 0 Å². The van der Waals surface area contributed by atoms with Gasteiger partial charge in [-0.1, -0.05) is 13.0 Å². The number of amides is 1. The molecule has 1 aliphatic heterocycles. The van der Waals surface area contributed by atoms with Gasteiger partial charge in [0.25, 0.3) is 5.56 Å². The summed E-state index contributed by atoms with van der Waals surface area (Å²) in [6.07, 6.45) is 3.03. The summed E-state index contributed by atoms with van der Waals surface area (Å²) in [7, 11) is 3.05. The summed E-state index contributed by atoms with van der Waals surface area (Å²) >= 11 is 0. The fourth-order valence-corrected chi connectivity index (χ4v) is 4.02. The van der Waals surface area contributed by atoms with Crippen molar-refractivity contribution < 1.29 is 23.7 Å². The minimum Gasteiger partial charge on any atom is -0.493 e. The number of nitrogens with one attached hydrogen (secondary N) is 1. The van der Waals surface area contributed by atoms with Gasteiger partial charge in [0.15, 0.2) is 23.0 Å². The van der Waals surface area contributed by atoms with Crippen molar-refractivity contribution in [2.24, 2.45) is 0 Å². The Balaban J connectivity index is 1.38. The van der Waals surface area contributed by atoms with E-state index in [4.69, 9.17) is 18.9 Å². The molecule has 0 radical (unpaired) electrons. The average Bonchev–Trinajstić information content (AvgIpc) is 2.87. The zero-order valence-electron chi connectivity index (χ0n) is 19.6. The van der Waals surface area contributed by atoms with E-state index in [0.717, 1.165) is 17.7 Å². The lowest BCUT2D eigenvalue weighted by atomic mass is 10.0. The Bertz CT molecular complexity index is 1240. The van der Waals surface area contributed by atoms with Gasteiger partial charge in [0.2, 0.25) is 5.91 Å². The van der Waals surface area contributed by atoms with E-state index in [0.29, 0.717) is 54.3 Å². The molecule has 1 aliphatic rings. The van der Waals surface area contributed by atoms with Gasteiger partial charge < -0.3 is 24.3 Å². The van der Waals surface area contributed by atoms with Crippen molar-refractivity contribution in [1.29, 1.82) is 0 Å². The number of hydrogen-bond acceptors (Lipinski definition) is 7. The zero-order valence-corrected chi connectivity index (χ0v) is 19.6. The van der Waals surface area contributed by atoms with Crippen molar-refractivity contribution in [2.75, 3.05) is 27.4 Å². The summed E-state index contributed by atoms with van der Waals surface area (Å²) in [5, 5.41) is 3.52. The molecule has 1 atom stereocenters. The number of carbonyl (C=O) groups is 1. The Hall–Kier alpha value is -3.75. The van der Waals surface area contributed by atoms with Gasteiger partial charge in [-0.25, -0.2) is 4.98 Å². The van der Waals surface area contributed by atoms with Crippen molar-refractivity contribution in [3.05, 3.63) is 52.6 Å². The number of aryl methyl sites for hydroxylation is 1. The van der Waals surface area contributed by atoms with Crippen LogP contribution in [-0.4, -0.2) is 42.9 Å². The standard InChI is InChI=1S/C25H29N3O6/c1-4-18(16-7-8-20-23(12-16)34-11-10-33-20)27-24(29)6-5-9-28-15-26-19-14-22(32-3)21(31-2)13-17(19)25(28)30/h7-8,12-15,18H,4-6,9-11H2,1-3H3,(H,27,29). The average molecular weight is 468 g/mol. The van der Waals surface area contributed by atoms with Crippen LogP contribution in [0.5, 0.6) is 23.0 Å². The zero-order chi connectivity index (χ0) is 24.1. The van der Waals surface area contributed by atoms with Crippen LogP contribution >= 0.6 is 0 Å². The van der Waals surface area contributed by atoms with Crippen LogP contribution in [0.25, 0.3) is 10.9 Å². The van der Waals surface area contributed by atoms with Crippen LogP contribution in [0.15, 0.2) is 41.5 Å². The van der Waals surface area contributed by atoms with Crippen LogP contribution in [0.4, 0.5) is 0 Å². The van der Waals surface area contributed by atoms with Crippen molar-refractivity contribution >= 4 is 16.8 Å². The second-order valence-corrected chi connectivity index (χ2v) is 8.00. The molecule has 2 aromatic carbocycles. The van der Waals surface area contributed by atoms with E-state index in [1.54, 1.807) is 12.1 Å². The molecule has 0 bridgehead atoms. The number of ether oxygens (including phenoxy) is 4. The van der Waals surface area contributed by atoms with E-state index in [9.17, 15) is 9.59 Å². The first kappa shape index (κ1) is 23.4. The maximum Gasteiger partial charge on any atom is 0.261 e. The molecule has 0 saturated heterocycles. The third-order valence-electron chi connectivity index (χ3n) is 5.84. The van der Waals surface area contributed by atoms with Gasteiger partial charge in [-0.2, -0.15) is 0 Å². The lowest BCUT2D eigenvalue weighted by molar-refractivity contribution is -0.122. The molecule has 34 heavy (non-hydrogen) atoms. The smallest absolute Gasteiger partial charge is 0.261 e. The summed E-state index contributed by atoms with van der Waals surface area (Å²) in [6.45, 7) is 3.45. The predicted molar refractivity (Wildman–Crippen MR) is 127 cm³/mol. The molecule has 0 fully saturated rings. The largest absolute Gasteiger partial charge is 0.493 e. The number of rotatable bonds is 9. The Kier molecular flexibility index (Phi) is 7.20. The van der Waals surface area contributed by atoms with E-state index in [1.165, 1.54) is 25.1 Å². The number of methoxy groups -OCH3 is 2. The number of carbonyl (C=O) groups excluding carboxylic acids is 1. The molecule has 1 N–H and O–H groups in total. The van der Waals surface area contributed by atoms with Crippen LogP contribution in [0.2, 0.25) is 0 Å². The third-order valence-corrected chi connectivity index (χ3v) is 5.84. The van der Waals surface area contributed by atoms with Crippen LogP contribution in [0, 0.1) is 0 Å². The van der Waals surface area contributed by atoms with Crippen molar-refractivity contribution in [3.8, 4) is 23.0 Å². The van der Waals surface area contributed by atoms with E-state index in [1.807, 2.05) is 25.1 Å². The molecule has 2 heterocycles. The fraction of sp³-hybridized carbons (Fsp3) is 0.400. The Morgan fingerprint density at radius 2 is 1.85 bits per heavy atom. The molecule has 3 aromatic rings. The maximum atomic E-state index is 12.9. The number of nitrogens with zero attached hydrogens (tertiary/aromatic N) is 2. The molecule has 1 amide bonds. The first-order valence-corrected chi connectivity index (χ1v) is 11.3. The van der Waals surface area contributed by atoms with Gasteiger partial charge in [0, 0.05) is 19.0 Å². The highest BCUT2D eigenvalue weighted by Crippen LogP contribution is 2.33. The molecule has 0 aliphatic carbocycles. The molecular formula is C25H29N3O6. The van der Waals surface area contributed by atoms with Crippen LogP contribution in [-0.2, 0) is 11.3 Å². The van der Waals surface area contributed by atoms with Crippen molar-refractivity contribution in [3.63, 3.8) is 0 Å². The van der Waals surface area contributed by atoms with Crippen LogP contribution in [0.3, 0.4) is 0 Å². The predicted octanol–water partition coefficient (Wildman–Crippen LogP) is 3.23. The lowest BCUT2D eigenvalue weighted by Crippen LogP contribution is -2.29. The van der Waals surface area contributed by atoms with E-state index in [-0.39, 0.29) is 23.9 Å². The van der Waals surface area contributed by atoms with Gasteiger partial charge in [-0.3, -0.25) is 14.2 Å². The minimum absolute atomic E-state index is 0.0741. The summed E-state index contributed by atoms with van der Waals surface area (Å²) in [5.41, 5.74) is 1.32. The summed E-state index contributed by atoms with van der Waals surface area (Å²) in [4.78, 5) is 29.9. The molecule has 9 heteroatoms. The highest BCUT2D eigenvalue weighted by Gasteiger charge is 2.18. The highest BCUT2D eigenvalue weighted by molar-refractivity contribution is 5.81. The van der Waals surface area contributed by atoms with Gasteiger partial charge >= 0.3 is 0 Å². The Labute approximate surface area is 197 Å². The number of hydrogen-bond donors (Lipinski definition) is 1. The Morgan fingerprint density at radius 1 is 1.12 bits per heavy atom. The number of benzene rings is 2. The number of fused-ring (bicyclic) bond motifs is 2. The van der Waals surface area contributed by atoms with Gasteiger partial charge in [-0.15, -0.1) is 0 Å². The van der Waals surface area contributed by atoms with Gasteiger partial charge in [0.05, 0.1) is 37.5 Å². The van der Waals surface area contributed by atoms with E-state index < -0.39 is 0 Å². The topological polar surface area (TPSA) is 101 Å². The molecule has 1 unspecified atom stereocenters. The van der Waals surface area contributed by atoms with Crippen LogP contribution < -0.4 is 29.8 Å². The monoisotopic (exact) mass is 467 g/mol. The summed E-state index contributed by atoms with van der Waals surface area (Å²) in [6, 6.07) is 8.93. The molecule has 0 saturated carbocycles. The number of aromatic nitrogens is 2. The molecule has 1 aromatic heterocycles. The van der Waals surface area contributed by atoms with Crippen LogP contribution in [0.1, 0.15) is 37.8 Å². The first-order chi connectivity index (χ1) is 16.5. The van der Waals surface area contributed by atoms with Crippen molar-refractivity contribution in [1.82, 2.24) is 14.9 Å². The molecule has 4 rings (SSSR count). The minimum atomic E-state index is -0.186. The summed E-state index contributed by atoms with van der Waals surface area (Å²) < 4.78 is 23.3. The van der Waals surface area contributed by atoms with Gasteiger partial charge in [-0.05, 0) is 36.6 Å². The second-order valence-electron chi connectivity index (χ2n) is 8.00. The SMILES string of the molecule is CCC(NC(=O)CCCn1cnc2cc(OC)c(OC)cc2c1=O)c1ccc2c(c1)OCCO2. The Morgan fingerprint density at radius 3 is 2.59 bits per heavy atom. The van der Waals surface area contributed by atoms with E-state index in [2.05, 4.69) is 10.3 Å². The normalized spacial score (nSPS) is 13.4. The highest BCUT2D eigenvalue weighted by atomic mass is 16.6. The molecule has 180 valence electrons. The fourth-order valence-electron chi connectivity index (χ4n) is 4.02. The third kappa shape index (κ3) is 4.93. The van der Waals surface area contributed by atoms with Gasteiger partial charge in [0.1, 0.15) is 13.2 Å². The maximum absolute atomic E-state index is 12.9.